The van der Waals surface area contributed by atoms with Crippen LogP contribution < -0.4 is 0 Å². The van der Waals surface area contributed by atoms with Crippen LogP contribution in [0.15, 0.2) is 12.2 Å². The van der Waals surface area contributed by atoms with Crippen molar-refractivity contribution in [2.75, 3.05) is 0 Å². The van der Waals surface area contributed by atoms with Gasteiger partial charge in [0, 0.05) is 18.3 Å². The third-order valence-corrected chi connectivity index (χ3v) is 7.18. The summed E-state index contributed by atoms with van der Waals surface area (Å²) in [5, 5.41) is 0. The first-order chi connectivity index (χ1) is 11.8. The Balaban J connectivity index is 1.66. The van der Waals surface area contributed by atoms with E-state index in [9.17, 15) is 9.59 Å². The fourth-order valence-electron chi connectivity index (χ4n) is 5.31. The van der Waals surface area contributed by atoms with Gasteiger partial charge in [-0.25, -0.2) is 0 Å². The zero-order chi connectivity index (χ0) is 18.1. The summed E-state index contributed by atoms with van der Waals surface area (Å²) in [6, 6.07) is 0. The van der Waals surface area contributed by atoms with Crippen molar-refractivity contribution < 1.29 is 23.8 Å². The molecule has 5 heteroatoms. The minimum absolute atomic E-state index is 0.118. The molecule has 2 aliphatic heterocycles. The number of esters is 2. The van der Waals surface area contributed by atoms with Gasteiger partial charge in [-0.3, -0.25) is 9.59 Å². The van der Waals surface area contributed by atoms with Crippen molar-refractivity contribution in [3.05, 3.63) is 12.2 Å². The molecule has 0 radical (unpaired) electrons. The van der Waals surface area contributed by atoms with Gasteiger partial charge in [0.1, 0.15) is 12.2 Å². The summed E-state index contributed by atoms with van der Waals surface area (Å²) < 4.78 is 17.7. The maximum absolute atomic E-state index is 12.4. The van der Waals surface area contributed by atoms with E-state index >= 15 is 0 Å². The van der Waals surface area contributed by atoms with E-state index in [1.54, 1.807) is 0 Å². The fraction of sp³-hybridized carbons (Fsp3) is 0.800. The first-order valence-corrected chi connectivity index (χ1v) is 9.54. The molecule has 9 unspecified atom stereocenters. The molecule has 2 heterocycles. The summed E-state index contributed by atoms with van der Waals surface area (Å²) in [5.74, 6) is -0.503. The second kappa shape index (κ2) is 5.57. The van der Waals surface area contributed by atoms with Gasteiger partial charge >= 0.3 is 11.9 Å². The van der Waals surface area contributed by atoms with E-state index in [1.807, 2.05) is 20.8 Å². The number of carbonyl (C=O) groups excluding carboxylic acids is 2. The molecule has 4 aliphatic rings. The van der Waals surface area contributed by atoms with Crippen LogP contribution in [0.2, 0.25) is 0 Å². The Bertz CT molecular complexity index is 628. The van der Waals surface area contributed by atoms with Crippen molar-refractivity contribution in [1.82, 2.24) is 0 Å². The summed E-state index contributed by atoms with van der Waals surface area (Å²) in [6.07, 6.45) is 1.94. The van der Waals surface area contributed by atoms with E-state index in [1.165, 1.54) is 0 Å². The molecule has 4 fully saturated rings. The summed E-state index contributed by atoms with van der Waals surface area (Å²) >= 11 is 0. The van der Waals surface area contributed by atoms with E-state index in [4.69, 9.17) is 14.2 Å². The van der Waals surface area contributed by atoms with E-state index in [-0.39, 0.29) is 65.4 Å². The Morgan fingerprint density at radius 3 is 2.88 bits per heavy atom. The van der Waals surface area contributed by atoms with Gasteiger partial charge in [0.15, 0.2) is 0 Å². The Hall–Kier alpha value is -1.36. The number of hydrogen-bond donors (Lipinski definition) is 0. The van der Waals surface area contributed by atoms with Crippen molar-refractivity contribution >= 4 is 11.9 Å². The van der Waals surface area contributed by atoms with Crippen LogP contribution in [-0.2, 0) is 23.8 Å². The molecule has 2 saturated heterocycles. The van der Waals surface area contributed by atoms with Crippen LogP contribution in [0.1, 0.15) is 47.0 Å². The van der Waals surface area contributed by atoms with Gasteiger partial charge < -0.3 is 14.2 Å². The third kappa shape index (κ3) is 2.38. The highest BCUT2D eigenvalue weighted by atomic mass is 16.6. The highest BCUT2D eigenvalue weighted by molar-refractivity contribution is 5.76. The second-order valence-corrected chi connectivity index (χ2v) is 8.57. The Kier molecular flexibility index (Phi) is 3.80. The predicted octanol–water partition coefficient (Wildman–Crippen LogP) is 2.88. The predicted molar refractivity (Wildman–Crippen MR) is 90.5 cm³/mol. The topological polar surface area (TPSA) is 65.1 Å². The normalized spacial score (nSPS) is 48.7. The van der Waals surface area contributed by atoms with Gasteiger partial charge in [-0.2, -0.15) is 0 Å². The molecule has 25 heavy (non-hydrogen) atoms. The lowest BCUT2D eigenvalue weighted by atomic mass is 9.77. The SMILES string of the molecule is C=C1CC(OC(=O)C(C)CC)C2C(C)C(=O)OC2C2C1CC1OC12C. The van der Waals surface area contributed by atoms with Crippen LogP contribution in [-0.4, -0.2) is 35.9 Å². The van der Waals surface area contributed by atoms with E-state index in [2.05, 4.69) is 13.5 Å². The molecule has 0 aromatic heterocycles. The molecule has 9 atom stereocenters. The molecule has 0 bridgehead atoms. The summed E-state index contributed by atoms with van der Waals surface area (Å²) in [5.41, 5.74) is 0.887. The average Bonchev–Trinajstić information content (AvgIpc) is 3.03. The van der Waals surface area contributed by atoms with Gasteiger partial charge in [0.25, 0.3) is 0 Å². The van der Waals surface area contributed by atoms with Crippen molar-refractivity contribution in [3.8, 4) is 0 Å². The van der Waals surface area contributed by atoms with Gasteiger partial charge in [0.2, 0.25) is 0 Å². The zero-order valence-electron chi connectivity index (χ0n) is 15.5. The van der Waals surface area contributed by atoms with Gasteiger partial charge in [-0.05, 0) is 25.7 Å². The smallest absolute Gasteiger partial charge is 0.309 e. The molecule has 0 spiro atoms. The van der Waals surface area contributed by atoms with E-state index < -0.39 is 0 Å². The molecule has 4 rings (SSSR count). The molecule has 2 saturated carbocycles. The largest absolute Gasteiger partial charge is 0.461 e. The summed E-state index contributed by atoms with van der Waals surface area (Å²) in [6.45, 7) is 12.2. The van der Waals surface area contributed by atoms with Crippen LogP contribution in [0.25, 0.3) is 0 Å². The maximum atomic E-state index is 12.4. The molecule has 0 aromatic carbocycles. The minimum atomic E-state index is -0.341. The van der Waals surface area contributed by atoms with Gasteiger partial charge in [-0.15, -0.1) is 0 Å². The van der Waals surface area contributed by atoms with Crippen LogP contribution >= 0.6 is 0 Å². The number of ether oxygens (including phenoxy) is 3. The van der Waals surface area contributed by atoms with Crippen LogP contribution in [0.5, 0.6) is 0 Å². The second-order valence-electron chi connectivity index (χ2n) is 8.57. The molecule has 0 aromatic rings. The lowest BCUT2D eigenvalue weighted by Gasteiger charge is -2.32. The van der Waals surface area contributed by atoms with Crippen molar-refractivity contribution in [3.63, 3.8) is 0 Å². The molecular formula is C20H28O5. The number of hydrogen-bond acceptors (Lipinski definition) is 5. The summed E-state index contributed by atoms with van der Waals surface area (Å²) in [4.78, 5) is 24.8. The first kappa shape index (κ1) is 17.1. The molecule has 0 amide bonds. The quantitative estimate of drug-likeness (QED) is 0.446. The number of carbonyl (C=O) groups is 2. The average molecular weight is 348 g/mol. The zero-order valence-corrected chi connectivity index (χ0v) is 15.5. The molecule has 0 N–H and O–H groups in total. The monoisotopic (exact) mass is 348 g/mol. The van der Waals surface area contributed by atoms with Crippen LogP contribution in [0.4, 0.5) is 0 Å². The lowest BCUT2D eigenvalue weighted by Crippen LogP contribution is -2.42. The molecule has 5 nitrogen and oxygen atoms in total. The Morgan fingerprint density at radius 2 is 2.20 bits per heavy atom. The number of fused-ring (bicyclic) bond motifs is 5. The van der Waals surface area contributed by atoms with Crippen molar-refractivity contribution in [2.24, 2.45) is 29.6 Å². The van der Waals surface area contributed by atoms with E-state index in [0.29, 0.717) is 6.42 Å². The fourth-order valence-corrected chi connectivity index (χ4v) is 5.31. The lowest BCUT2D eigenvalue weighted by molar-refractivity contribution is -0.158. The van der Waals surface area contributed by atoms with Crippen molar-refractivity contribution in [2.45, 2.75) is 70.9 Å². The number of rotatable bonds is 3. The highest BCUT2D eigenvalue weighted by Gasteiger charge is 2.72. The van der Waals surface area contributed by atoms with Gasteiger partial charge in [-0.1, -0.05) is 32.9 Å². The van der Waals surface area contributed by atoms with Gasteiger partial charge in [0.05, 0.1) is 23.5 Å². The molecule has 2 aliphatic carbocycles. The maximum Gasteiger partial charge on any atom is 0.309 e. The van der Waals surface area contributed by atoms with Crippen molar-refractivity contribution in [1.29, 1.82) is 0 Å². The van der Waals surface area contributed by atoms with Crippen LogP contribution in [0.3, 0.4) is 0 Å². The molecular weight excluding hydrogens is 320 g/mol. The highest BCUT2D eigenvalue weighted by Crippen LogP contribution is 2.63. The Labute approximate surface area is 149 Å². The van der Waals surface area contributed by atoms with Crippen LogP contribution in [0, 0.1) is 29.6 Å². The molecule has 138 valence electrons. The Morgan fingerprint density at radius 1 is 1.48 bits per heavy atom. The van der Waals surface area contributed by atoms with E-state index in [0.717, 1.165) is 18.4 Å². The minimum Gasteiger partial charge on any atom is -0.461 e. The standard InChI is InChI=1S/C20H28O5/c1-6-9(2)18(21)23-13-7-10(3)12-8-14-20(5,25-14)16(12)17-15(13)11(4)19(22)24-17/h9,11-17H,3,6-8H2,1-2,4-5H3. The first-order valence-electron chi connectivity index (χ1n) is 9.54. The number of epoxide rings is 1. The third-order valence-electron chi connectivity index (χ3n) is 7.18. The summed E-state index contributed by atoms with van der Waals surface area (Å²) in [7, 11) is 0.